The van der Waals surface area contributed by atoms with Gasteiger partial charge in [0.05, 0.1) is 47.6 Å². The lowest BCUT2D eigenvalue weighted by molar-refractivity contribution is -0.152. The van der Waals surface area contributed by atoms with Crippen LogP contribution in [0.5, 0.6) is 11.5 Å². The zero-order chi connectivity index (χ0) is 26.0. The molecule has 2 unspecified atom stereocenters. The molecular formula is C27H31ClN4O5. The van der Waals surface area contributed by atoms with Crippen molar-refractivity contribution in [3.8, 4) is 22.8 Å². The number of methoxy groups -OCH3 is 2. The normalized spacial score (nSPS) is 20.5. The number of benzene rings is 1. The van der Waals surface area contributed by atoms with Crippen LogP contribution in [0, 0.1) is 0 Å². The van der Waals surface area contributed by atoms with Crippen LogP contribution in [0.15, 0.2) is 36.7 Å². The molecule has 196 valence electrons. The minimum absolute atomic E-state index is 0.0525. The van der Waals surface area contributed by atoms with Gasteiger partial charge in [-0.2, -0.15) is 0 Å². The molecular weight excluding hydrogens is 496 g/mol. The summed E-state index contributed by atoms with van der Waals surface area (Å²) in [7, 11) is 3.24. The number of carbonyl (C=O) groups is 1. The molecule has 2 aliphatic rings. The van der Waals surface area contributed by atoms with Gasteiger partial charge in [0.15, 0.2) is 5.75 Å². The van der Waals surface area contributed by atoms with Crippen LogP contribution < -0.4 is 20.1 Å². The van der Waals surface area contributed by atoms with Crippen LogP contribution in [0.3, 0.4) is 0 Å². The van der Waals surface area contributed by atoms with Crippen LogP contribution in [0.2, 0.25) is 5.02 Å². The third kappa shape index (κ3) is 4.99. The second-order valence-electron chi connectivity index (χ2n) is 9.51. The van der Waals surface area contributed by atoms with E-state index in [4.69, 9.17) is 30.5 Å². The van der Waals surface area contributed by atoms with E-state index in [0.29, 0.717) is 58.9 Å². The molecule has 3 aromatic rings. The highest BCUT2D eigenvalue weighted by atomic mass is 35.5. The highest BCUT2D eigenvalue weighted by Crippen LogP contribution is 2.45. The summed E-state index contributed by atoms with van der Waals surface area (Å²) >= 11 is 6.40. The zero-order valence-corrected chi connectivity index (χ0v) is 21.9. The second-order valence-corrected chi connectivity index (χ2v) is 9.91. The van der Waals surface area contributed by atoms with Crippen molar-refractivity contribution in [3.05, 3.63) is 52.9 Å². The number of nitrogens with zero attached hydrogens (tertiary/aromatic N) is 1. The van der Waals surface area contributed by atoms with E-state index < -0.39 is 0 Å². The Bertz CT molecular complexity index is 1290. The molecule has 0 radical (unpaired) electrons. The summed E-state index contributed by atoms with van der Waals surface area (Å²) in [5, 5.41) is 6.93. The Labute approximate surface area is 220 Å². The number of pyridine rings is 1. The first kappa shape index (κ1) is 25.4. The summed E-state index contributed by atoms with van der Waals surface area (Å²) < 4.78 is 22.8. The van der Waals surface area contributed by atoms with Crippen LogP contribution in [0.1, 0.15) is 41.7 Å². The molecule has 1 fully saturated rings. The monoisotopic (exact) mass is 526 g/mol. The third-order valence-electron chi connectivity index (χ3n) is 6.94. The van der Waals surface area contributed by atoms with Gasteiger partial charge in [-0.25, -0.2) is 0 Å². The van der Waals surface area contributed by atoms with Crippen LogP contribution in [-0.2, 0) is 9.47 Å². The number of hydrogen-bond acceptors (Lipinski definition) is 7. The van der Waals surface area contributed by atoms with Gasteiger partial charge in [0.25, 0.3) is 5.91 Å². The number of H-pyrrole nitrogens is 1. The van der Waals surface area contributed by atoms with E-state index in [-0.39, 0.29) is 17.4 Å². The number of carbonyl (C=O) groups excluding carboxylic acids is 1. The van der Waals surface area contributed by atoms with Crippen molar-refractivity contribution in [2.75, 3.05) is 45.9 Å². The molecule has 10 heteroatoms. The van der Waals surface area contributed by atoms with E-state index in [2.05, 4.69) is 20.6 Å². The number of aromatic amines is 1. The van der Waals surface area contributed by atoms with Gasteiger partial charge in [-0.1, -0.05) is 17.7 Å². The van der Waals surface area contributed by atoms with Crippen molar-refractivity contribution in [1.82, 2.24) is 15.3 Å². The molecule has 1 aromatic carbocycles. The Morgan fingerprint density at radius 2 is 2.14 bits per heavy atom. The summed E-state index contributed by atoms with van der Waals surface area (Å²) in [5.74, 6) is 0.963. The number of ether oxygens (including phenoxy) is 4. The highest BCUT2D eigenvalue weighted by Gasteiger charge is 2.36. The molecule has 0 spiro atoms. The van der Waals surface area contributed by atoms with Gasteiger partial charge < -0.3 is 34.6 Å². The van der Waals surface area contributed by atoms with Crippen molar-refractivity contribution in [1.29, 1.82) is 0 Å². The number of fused-ring (bicyclic) bond motifs is 1. The van der Waals surface area contributed by atoms with Gasteiger partial charge in [-0.3, -0.25) is 9.78 Å². The molecule has 0 bridgehead atoms. The van der Waals surface area contributed by atoms with E-state index in [9.17, 15) is 4.79 Å². The van der Waals surface area contributed by atoms with Crippen LogP contribution >= 0.6 is 11.6 Å². The average molecular weight is 527 g/mol. The third-order valence-corrected chi connectivity index (χ3v) is 7.24. The number of aromatic nitrogens is 2. The summed E-state index contributed by atoms with van der Waals surface area (Å²) in [6.07, 6.45) is 5.07. The molecule has 3 N–H and O–H groups in total. The highest BCUT2D eigenvalue weighted by molar-refractivity contribution is 6.32. The van der Waals surface area contributed by atoms with Gasteiger partial charge in [0.2, 0.25) is 0 Å². The predicted octanol–water partition coefficient (Wildman–Crippen LogP) is 4.90. The first-order valence-electron chi connectivity index (χ1n) is 12.3. The standard InChI is InChI=1S/C27H31ClN4O5/c1-27(9-12-37-27)15-36-20-14-29-10-7-17(20)23-24(31-19-6-4-5-18(28)25(19)35-3)21-22(32-23)16(8-11-34-2)13-30-26(21)33/h4-7,10,14,16,31-32H,8-9,11-13,15H2,1-3H3,(H,30,33). The number of anilines is 2. The summed E-state index contributed by atoms with van der Waals surface area (Å²) in [6.45, 7) is 4.25. The molecule has 9 nitrogen and oxygen atoms in total. The zero-order valence-electron chi connectivity index (χ0n) is 21.2. The summed E-state index contributed by atoms with van der Waals surface area (Å²) in [5.41, 5.74) is 3.80. The van der Waals surface area contributed by atoms with Crippen molar-refractivity contribution >= 4 is 28.9 Å². The van der Waals surface area contributed by atoms with Crippen molar-refractivity contribution in [2.45, 2.75) is 31.3 Å². The molecule has 37 heavy (non-hydrogen) atoms. The van der Waals surface area contributed by atoms with Crippen molar-refractivity contribution < 1.29 is 23.7 Å². The molecule has 4 heterocycles. The summed E-state index contributed by atoms with van der Waals surface area (Å²) in [4.78, 5) is 21.1. The number of halogens is 1. The minimum atomic E-state index is -0.317. The number of nitrogens with one attached hydrogen (secondary N) is 3. The van der Waals surface area contributed by atoms with Gasteiger partial charge in [-0.05, 0) is 31.5 Å². The Morgan fingerprint density at radius 3 is 2.86 bits per heavy atom. The molecule has 0 aliphatic carbocycles. The van der Waals surface area contributed by atoms with E-state index in [0.717, 1.165) is 30.7 Å². The Hall–Kier alpha value is -3.27. The lowest BCUT2D eigenvalue weighted by Gasteiger charge is -2.38. The fourth-order valence-electron chi connectivity index (χ4n) is 4.75. The maximum absolute atomic E-state index is 13.3. The van der Waals surface area contributed by atoms with Crippen LogP contribution in [0.4, 0.5) is 11.4 Å². The van der Waals surface area contributed by atoms with E-state index in [1.54, 1.807) is 32.7 Å². The molecule has 0 saturated carbocycles. The maximum atomic E-state index is 13.3. The summed E-state index contributed by atoms with van der Waals surface area (Å²) in [6, 6.07) is 7.31. The predicted molar refractivity (Wildman–Crippen MR) is 141 cm³/mol. The first-order valence-corrected chi connectivity index (χ1v) is 12.7. The van der Waals surface area contributed by atoms with Crippen molar-refractivity contribution in [3.63, 3.8) is 0 Å². The van der Waals surface area contributed by atoms with Gasteiger partial charge in [0, 0.05) is 50.1 Å². The Balaban J connectivity index is 1.62. The van der Waals surface area contributed by atoms with Gasteiger partial charge >= 0.3 is 0 Å². The molecule has 1 amide bonds. The smallest absolute Gasteiger partial charge is 0.255 e. The Kier molecular flexibility index (Phi) is 7.28. The van der Waals surface area contributed by atoms with E-state index >= 15 is 0 Å². The maximum Gasteiger partial charge on any atom is 0.255 e. The molecule has 1 saturated heterocycles. The van der Waals surface area contributed by atoms with Gasteiger partial charge in [0.1, 0.15) is 18.0 Å². The van der Waals surface area contributed by atoms with E-state index in [1.807, 2.05) is 25.1 Å². The lowest BCUT2D eigenvalue weighted by Crippen LogP contribution is -2.45. The van der Waals surface area contributed by atoms with Crippen LogP contribution in [0.25, 0.3) is 11.3 Å². The minimum Gasteiger partial charge on any atom is -0.493 e. The number of amides is 1. The average Bonchev–Trinajstić information content (AvgIpc) is 3.26. The quantitative estimate of drug-likeness (QED) is 0.345. The van der Waals surface area contributed by atoms with E-state index in [1.165, 1.54) is 0 Å². The fourth-order valence-corrected chi connectivity index (χ4v) is 5.00. The SMILES string of the molecule is COCCC1CNC(=O)c2c1[nH]c(-c1ccncc1OCC1(C)CCO1)c2Nc1cccc(Cl)c1OC. The molecule has 2 atom stereocenters. The fraction of sp³-hybridized carbons (Fsp3) is 0.407. The topological polar surface area (TPSA) is 107 Å². The lowest BCUT2D eigenvalue weighted by atomic mass is 9.93. The largest absolute Gasteiger partial charge is 0.493 e. The van der Waals surface area contributed by atoms with Crippen LogP contribution in [-0.4, -0.2) is 62.1 Å². The molecule has 2 aromatic heterocycles. The number of hydrogen-bond donors (Lipinski definition) is 3. The first-order chi connectivity index (χ1) is 17.9. The van der Waals surface area contributed by atoms with Gasteiger partial charge in [-0.15, -0.1) is 0 Å². The molecule has 5 rings (SSSR count). The number of rotatable bonds is 10. The molecule has 2 aliphatic heterocycles. The van der Waals surface area contributed by atoms with Crippen molar-refractivity contribution in [2.24, 2.45) is 0 Å². The Morgan fingerprint density at radius 1 is 1.30 bits per heavy atom. The second kappa shape index (κ2) is 10.6. The number of para-hydroxylation sites is 1.